The van der Waals surface area contributed by atoms with Gasteiger partial charge in [0.2, 0.25) is 5.91 Å². The van der Waals surface area contributed by atoms with E-state index in [1.807, 2.05) is 60.4 Å². The number of carbonyl (C=O) groups is 1. The van der Waals surface area contributed by atoms with Crippen LogP contribution in [0.15, 0.2) is 53.6 Å². The normalized spacial score (nSPS) is 14.8. The van der Waals surface area contributed by atoms with Crippen molar-refractivity contribution in [2.45, 2.75) is 6.92 Å². The molecule has 4 rings (SSSR count). The number of nitrogens with zero attached hydrogens (tertiary/aromatic N) is 3. The third-order valence-corrected chi connectivity index (χ3v) is 6.90. The average Bonchev–Trinajstić information content (AvgIpc) is 3.23. The predicted octanol–water partition coefficient (Wildman–Crippen LogP) is 4.50. The number of hydrogen-bond donors (Lipinski definition) is 1. The molecule has 0 atom stereocenters. The van der Waals surface area contributed by atoms with E-state index in [9.17, 15) is 10.1 Å². The van der Waals surface area contributed by atoms with Crippen LogP contribution in [-0.4, -0.2) is 47.8 Å². The van der Waals surface area contributed by atoms with Gasteiger partial charge in [0.1, 0.15) is 16.6 Å². The van der Waals surface area contributed by atoms with Crippen molar-refractivity contribution >= 4 is 50.5 Å². The summed E-state index contributed by atoms with van der Waals surface area (Å²) in [5.74, 6) is 0.280. The Morgan fingerprint density at radius 1 is 1.23 bits per heavy atom. The fraction of sp³-hybridized carbons (Fsp3) is 0.261. The van der Waals surface area contributed by atoms with Gasteiger partial charge in [0, 0.05) is 18.8 Å². The average molecular weight is 451 g/mol. The molecule has 0 radical (unpaired) electrons. The van der Waals surface area contributed by atoms with E-state index in [0.717, 1.165) is 21.5 Å². The number of aromatic nitrogens is 1. The Morgan fingerprint density at radius 3 is 2.68 bits per heavy atom. The van der Waals surface area contributed by atoms with E-state index in [2.05, 4.69) is 16.4 Å². The number of thiazole rings is 1. The molecule has 1 N–H and O–H groups in total. The summed E-state index contributed by atoms with van der Waals surface area (Å²) >= 11 is 2.82. The minimum absolute atomic E-state index is 0.0399. The summed E-state index contributed by atoms with van der Waals surface area (Å²) in [6, 6.07) is 18.1. The molecule has 158 valence electrons. The van der Waals surface area contributed by atoms with E-state index >= 15 is 0 Å². The topological polar surface area (TPSA) is 78.3 Å². The third kappa shape index (κ3) is 5.25. The van der Waals surface area contributed by atoms with Gasteiger partial charge in [0.15, 0.2) is 0 Å². The summed E-state index contributed by atoms with van der Waals surface area (Å²) in [6.45, 7) is 4.36. The number of carbonyl (C=O) groups excluding carboxylic acids is 1. The molecule has 0 bridgehead atoms. The van der Waals surface area contributed by atoms with Crippen molar-refractivity contribution in [1.82, 2.24) is 9.88 Å². The minimum atomic E-state index is 0.0399. The summed E-state index contributed by atoms with van der Waals surface area (Å²) in [4.78, 5) is 19.2. The first-order valence-electron chi connectivity index (χ1n) is 9.96. The second kappa shape index (κ2) is 9.96. The van der Waals surface area contributed by atoms with E-state index in [-0.39, 0.29) is 11.7 Å². The van der Waals surface area contributed by atoms with E-state index < -0.39 is 0 Å². The summed E-state index contributed by atoms with van der Waals surface area (Å²) in [5.41, 5.74) is 3.32. The highest BCUT2D eigenvalue weighted by Gasteiger charge is 2.20. The van der Waals surface area contributed by atoms with E-state index in [1.54, 1.807) is 0 Å². The van der Waals surface area contributed by atoms with Crippen LogP contribution < -0.4 is 5.32 Å². The van der Waals surface area contributed by atoms with Crippen LogP contribution in [0.1, 0.15) is 10.6 Å². The molecule has 3 aromatic rings. The summed E-state index contributed by atoms with van der Waals surface area (Å²) < 4.78 is 6.36. The quantitative estimate of drug-likeness (QED) is 0.557. The highest BCUT2D eigenvalue weighted by atomic mass is 32.2. The van der Waals surface area contributed by atoms with Gasteiger partial charge in [-0.3, -0.25) is 4.79 Å². The standard InChI is InChI=1S/C23H22N4O2S2/c1-16-6-8-17(9-7-16)25-22(30-15-21(28)27-10-12-29-13-11-27)18(14-24)23-26-19-4-2-3-5-20(19)31-23/h2-9,25H,10-13,15H2,1H3. The fourth-order valence-electron chi connectivity index (χ4n) is 3.15. The number of anilines is 1. The van der Waals surface area contributed by atoms with E-state index in [1.165, 1.54) is 23.1 Å². The number of nitrogens with one attached hydrogen (secondary N) is 1. The molecule has 1 amide bonds. The van der Waals surface area contributed by atoms with Crippen LogP contribution in [0.25, 0.3) is 15.8 Å². The van der Waals surface area contributed by atoms with Crippen molar-refractivity contribution in [3.05, 3.63) is 64.1 Å². The highest BCUT2D eigenvalue weighted by Crippen LogP contribution is 2.33. The molecular formula is C23H22N4O2S2. The van der Waals surface area contributed by atoms with Crippen LogP contribution in [-0.2, 0) is 9.53 Å². The zero-order chi connectivity index (χ0) is 21.6. The molecule has 1 aliphatic heterocycles. The minimum Gasteiger partial charge on any atom is -0.378 e. The molecule has 0 saturated carbocycles. The molecule has 0 spiro atoms. The monoisotopic (exact) mass is 450 g/mol. The SMILES string of the molecule is Cc1ccc(NC(SCC(=O)N2CCOCC2)=C(C#N)c2nc3ccccc3s2)cc1. The Balaban J connectivity index is 1.64. The van der Waals surface area contributed by atoms with Gasteiger partial charge in [0.25, 0.3) is 0 Å². The fourth-order valence-corrected chi connectivity index (χ4v) is 5.11. The number of aryl methyl sites for hydroxylation is 1. The lowest BCUT2D eigenvalue weighted by molar-refractivity contribution is -0.132. The maximum Gasteiger partial charge on any atom is 0.233 e. The maximum absolute atomic E-state index is 12.7. The Kier molecular flexibility index (Phi) is 6.87. The van der Waals surface area contributed by atoms with Gasteiger partial charge >= 0.3 is 0 Å². The largest absolute Gasteiger partial charge is 0.378 e. The summed E-state index contributed by atoms with van der Waals surface area (Å²) in [7, 11) is 0. The highest BCUT2D eigenvalue weighted by molar-refractivity contribution is 8.04. The Labute approximate surface area is 189 Å². The molecule has 0 unspecified atom stereocenters. The van der Waals surface area contributed by atoms with Crippen LogP contribution in [0.3, 0.4) is 0 Å². The number of benzene rings is 2. The molecule has 1 fully saturated rings. The lowest BCUT2D eigenvalue weighted by Crippen LogP contribution is -2.41. The molecular weight excluding hydrogens is 428 g/mol. The van der Waals surface area contributed by atoms with Crippen molar-refractivity contribution in [2.24, 2.45) is 0 Å². The number of allylic oxidation sites excluding steroid dienone is 1. The number of amides is 1. The number of hydrogen-bond acceptors (Lipinski definition) is 7. The number of nitriles is 1. The van der Waals surface area contributed by atoms with Gasteiger partial charge < -0.3 is 15.0 Å². The third-order valence-electron chi connectivity index (χ3n) is 4.86. The van der Waals surface area contributed by atoms with Gasteiger partial charge in [0.05, 0.1) is 34.2 Å². The van der Waals surface area contributed by atoms with Crippen LogP contribution in [0, 0.1) is 18.3 Å². The predicted molar refractivity (Wildman–Crippen MR) is 127 cm³/mol. The smallest absolute Gasteiger partial charge is 0.233 e. The molecule has 31 heavy (non-hydrogen) atoms. The van der Waals surface area contributed by atoms with Crippen molar-refractivity contribution in [3.8, 4) is 6.07 Å². The van der Waals surface area contributed by atoms with Crippen LogP contribution >= 0.6 is 23.1 Å². The van der Waals surface area contributed by atoms with Crippen molar-refractivity contribution in [3.63, 3.8) is 0 Å². The number of ether oxygens (including phenoxy) is 1. The summed E-state index contributed by atoms with van der Waals surface area (Å²) in [6.07, 6.45) is 0. The van der Waals surface area contributed by atoms with Crippen molar-refractivity contribution < 1.29 is 9.53 Å². The number of morpholine rings is 1. The van der Waals surface area contributed by atoms with E-state index in [0.29, 0.717) is 41.9 Å². The number of rotatable bonds is 6. The second-order valence-corrected chi connectivity index (χ2v) is 9.09. The summed E-state index contributed by atoms with van der Waals surface area (Å²) in [5, 5.41) is 14.6. The number of fused-ring (bicyclic) bond motifs is 1. The zero-order valence-electron chi connectivity index (χ0n) is 17.1. The Bertz CT molecular complexity index is 1110. The van der Waals surface area contributed by atoms with Crippen LogP contribution in [0.4, 0.5) is 5.69 Å². The van der Waals surface area contributed by atoms with Gasteiger partial charge in [-0.25, -0.2) is 4.98 Å². The number of thioether (sulfide) groups is 1. The molecule has 1 aromatic heterocycles. The first-order chi connectivity index (χ1) is 15.1. The van der Waals surface area contributed by atoms with Gasteiger partial charge in [-0.15, -0.1) is 11.3 Å². The number of para-hydroxylation sites is 1. The molecule has 2 aromatic carbocycles. The molecule has 1 saturated heterocycles. The van der Waals surface area contributed by atoms with Crippen LogP contribution in [0.2, 0.25) is 0 Å². The maximum atomic E-state index is 12.7. The van der Waals surface area contributed by atoms with Crippen molar-refractivity contribution in [1.29, 1.82) is 5.26 Å². The second-order valence-electron chi connectivity index (χ2n) is 7.08. The lowest BCUT2D eigenvalue weighted by Gasteiger charge is -2.27. The Hall–Kier alpha value is -2.86. The van der Waals surface area contributed by atoms with E-state index in [4.69, 9.17) is 4.74 Å². The molecule has 8 heteroatoms. The zero-order valence-corrected chi connectivity index (χ0v) is 18.8. The molecule has 0 aliphatic carbocycles. The van der Waals surface area contributed by atoms with Crippen molar-refractivity contribution in [2.75, 3.05) is 37.4 Å². The first-order valence-corrected chi connectivity index (χ1v) is 11.8. The molecule has 6 nitrogen and oxygen atoms in total. The van der Waals surface area contributed by atoms with Gasteiger partial charge in [-0.05, 0) is 31.2 Å². The van der Waals surface area contributed by atoms with Crippen LogP contribution in [0.5, 0.6) is 0 Å². The Morgan fingerprint density at radius 2 is 1.97 bits per heavy atom. The van der Waals surface area contributed by atoms with Gasteiger partial charge in [-0.2, -0.15) is 5.26 Å². The first kappa shape index (κ1) is 21.4. The molecule has 1 aliphatic rings. The van der Waals surface area contributed by atoms with Gasteiger partial charge in [-0.1, -0.05) is 41.6 Å². The molecule has 2 heterocycles. The lowest BCUT2D eigenvalue weighted by atomic mass is 10.2.